The van der Waals surface area contributed by atoms with Crippen molar-refractivity contribution in [1.29, 1.82) is 0 Å². The molecule has 0 aliphatic heterocycles. The van der Waals surface area contributed by atoms with E-state index in [4.69, 9.17) is 4.74 Å². The van der Waals surface area contributed by atoms with E-state index in [9.17, 15) is 26.7 Å². The Bertz CT molecular complexity index is 1350. The molecular formula is C19H12F5N5O2S. The zero-order valence-corrected chi connectivity index (χ0v) is 16.9. The van der Waals surface area contributed by atoms with E-state index in [0.717, 1.165) is 51.6 Å². The minimum atomic E-state index is -4.46. The lowest BCUT2D eigenvalue weighted by atomic mass is 10.1. The van der Waals surface area contributed by atoms with Crippen molar-refractivity contribution in [3.05, 3.63) is 75.8 Å². The molecule has 0 N–H and O–H groups in total. The zero-order chi connectivity index (χ0) is 23.0. The van der Waals surface area contributed by atoms with Crippen molar-refractivity contribution in [3.63, 3.8) is 0 Å². The number of alkyl halides is 3. The predicted octanol–water partition coefficient (Wildman–Crippen LogP) is 3.87. The fourth-order valence-corrected chi connectivity index (χ4v) is 3.79. The summed E-state index contributed by atoms with van der Waals surface area (Å²) in [5.41, 5.74) is -1.65. The van der Waals surface area contributed by atoms with Gasteiger partial charge in [0.1, 0.15) is 0 Å². The van der Waals surface area contributed by atoms with Crippen molar-refractivity contribution in [3.8, 4) is 11.6 Å². The molecule has 0 aliphatic rings. The third-order valence-electron chi connectivity index (χ3n) is 4.38. The summed E-state index contributed by atoms with van der Waals surface area (Å²) in [5.74, 6) is -1.96. The maximum atomic E-state index is 14.2. The van der Waals surface area contributed by atoms with Gasteiger partial charge in [0.05, 0.1) is 30.8 Å². The van der Waals surface area contributed by atoms with Crippen molar-refractivity contribution < 1.29 is 26.7 Å². The van der Waals surface area contributed by atoms with Gasteiger partial charge in [-0.25, -0.2) is 13.8 Å². The Balaban J connectivity index is 1.76. The molecule has 13 heteroatoms. The maximum absolute atomic E-state index is 14.2. The summed E-state index contributed by atoms with van der Waals surface area (Å²) in [6.45, 7) is 0. The first-order valence-electron chi connectivity index (χ1n) is 8.84. The summed E-state index contributed by atoms with van der Waals surface area (Å²) in [4.78, 5) is 16.7. The average molecular weight is 469 g/mol. The fourth-order valence-electron chi connectivity index (χ4n) is 2.85. The van der Waals surface area contributed by atoms with Crippen LogP contribution in [-0.4, -0.2) is 31.5 Å². The van der Waals surface area contributed by atoms with E-state index in [0.29, 0.717) is 5.56 Å². The summed E-state index contributed by atoms with van der Waals surface area (Å²) in [6.07, 6.45) is -2.50. The van der Waals surface area contributed by atoms with Gasteiger partial charge in [0.15, 0.2) is 22.3 Å². The molecule has 7 nitrogen and oxygen atoms in total. The van der Waals surface area contributed by atoms with E-state index in [1.54, 1.807) is 0 Å². The molecule has 0 fully saturated rings. The van der Waals surface area contributed by atoms with Crippen LogP contribution >= 0.6 is 11.8 Å². The molecule has 4 rings (SSSR count). The fraction of sp³-hybridized carbons (Fsp3) is 0.158. The Morgan fingerprint density at radius 1 is 1.09 bits per heavy atom. The minimum Gasteiger partial charge on any atom is -0.479 e. The monoisotopic (exact) mass is 469 g/mol. The number of benzene rings is 1. The Kier molecular flexibility index (Phi) is 5.59. The van der Waals surface area contributed by atoms with Gasteiger partial charge in [-0.2, -0.15) is 18.3 Å². The van der Waals surface area contributed by atoms with Gasteiger partial charge < -0.3 is 4.74 Å². The van der Waals surface area contributed by atoms with Crippen LogP contribution in [0.15, 0.2) is 52.7 Å². The molecule has 0 spiro atoms. The molecule has 0 aliphatic carbocycles. The molecule has 0 atom stereocenters. The smallest absolute Gasteiger partial charge is 0.416 e. The molecule has 32 heavy (non-hydrogen) atoms. The van der Waals surface area contributed by atoms with Crippen LogP contribution in [0, 0.1) is 11.6 Å². The van der Waals surface area contributed by atoms with E-state index < -0.39 is 34.5 Å². The summed E-state index contributed by atoms with van der Waals surface area (Å²) in [5, 5.41) is 7.79. The third kappa shape index (κ3) is 4.02. The standard InChI is InChI=1S/C19H12F5N5O2S/c1-31-16-13(20)6-12(7-25-16)28-17(30)15-14(21)8-26-29(15)27-18(28)32-9-10-2-4-11(5-3-10)19(22,23)24/h2-8H,9H2,1H3. The van der Waals surface area contributed by atoms with Crippen molar-refractivity contribution in [2.45, 2.75) is 17.1 Å². The van der Waals surface area contributed by atoms with Crippen LogP contribution in [0.3, 0.4) is 0 Å². The first-order chi connectivity index (χ1) is 15.2. The van der Waals surface area contributed by atoms with Gasteiger partial charge in [-0.3, -0.25) is 9.36 Å². The molecule has 0 saturated carbocycles. The molecule has 3 aromatic heterocycles. The highest BCUT2D eigenvalue weighted by molar-refractivity contribution is 7.98. The Morgan fingerprint density at radius 2 is 1.81 bits per heavy atom. The Morgan fingerprint density at radius 3 is 2.44 bits per heavy atom. The van der Waals surface area contributed by atoms with Crippen LogP contribution in [0.5, 0.6) is 5.88 Å². The molecule has 166 valence electrons. The molecule has 4 aromatic rings. The summed E-state index contributed by atoms with van der Waals surface area (Å²) >= 11 is 0.968. The summed E-state index contributed by atoms with van der Waals surface area (Å²) < 4.78 is 73.1. The lowest BCUT2D eigenvalue weighted by molar-refractivity contribution is -0.137. The largest absolute Gasteiger partial charge is 0.479 e. The van der Waals surface area contributed by atoms with Gasteiger partial charge in [-0.15, -0.1) is 9.73 Å². The molecule has 0 amide bonds. The number of rotatable bonds is 5. The zero-order valence-electron chi connectivity index (χ0n) is 16.1. The second-order valence-electron chi connectivity index (χ2n) is 6.42. The van der Waals surface area contributed by atoms with Crippen LogP contribution in [0.1, 0.15) is 11.1 Å². The van der Waals surface area contributed by atoms with E-state index in [-0.39, 0.29) is 22.5 Å². The van der Waals surface area contributed by atoms with Crippen molar-refractivity contribution >= 4 is 17.3 Å². The first kappa shape index (κ1) is 21.7. The van der Waals surface area contributed by atoms with Gasteiger partial charge >= 0.3 is 6.18 Å². The number of nitrogens with zero attached hydrogens (tertiary/aromatic N) is 5. The van der Waals surface area contributed by atoms with Crippen LogP contribution in [0.4, 0.5) is 22.0 Å². The minimum absolute atomic E-state index is 0.00290. The van der Waals surface area contributed by atoms with Crippen LogP contribution in [0.2, 0.25) is 0 Å². The second kappa shape index (κ2) is 8.22. The molecule has 0 saturated heterocycles. The normalized spacial score (nSPS) is 11.8. The molecule has 1 aromatic carbocycles. The van der Waals surface area contributed by atoms with Crippen LogP contribution in [0.25, 0.3) is 11.2 Å². The van der Waals surface area contributed by atoms with E-state index in [1.165, 1.54) is 19.2 Å². The topological polar surface area (TPSA) is 74.3 Å². The Labute approximate surface area is 180 Å². The molecular weight excluding hydrogens is 457 g/mol. The highest BCUT2D eigenvalue weighted by atomic mass is 32.2. The predicted molar refractivity (Wildman–Crippen MR) is 104 cm³/mol. The van der Waals surface area contributed by atoms with Crippen molar-refractivity contribution in [2.75, 3.05) is 7.11 Å². The van der Waals surface area contributed by atoms with Gasteiger partial charge in [0, 0.05) is 11.8 Å². The van der Waals surface area contributed by atoms with Gasteiger partial charge in [0.2, 0.25) is 5.88 Å². The number of hydrogen-bond acceptors (Lipinski definition) is 6. The highest BCUT2D eigenvalue weighted by Crippen LogP contribution is 2.30. The Hall–Kier alpha value is -3.48. The van der Waals surface area contributed by atoms with Crippen molar-refractivity contribution in [1.82, 2.24) is 24.4 Å². The van der Waals surface area contributed by atoms with Gasteiger partial charge in [-0.1, -0.05) is 23.9 Å². The first-order valence-corrected chi connectivity index (χ1v) is 9.83. The lowest BCUT2D eigenvalue weighted by Crippen LogP contribution is -2.25. The van der Waals surface area contributed by atoms with Gasteiger partial charge in [0.25, 0.3) is 5.56 Å². The number of methoxy groups -OCH3 is 1. The number of ether oxygens (including phenoxy) is 1. The van der Waals surface area contributed by atoms with E-state index in [2.05, 4.69) is 15.2 Å². The average Bonchev–Trinajstić information content (AvgIpc) is 3.12. The summed E-state index contributed by atoms with van der Waals surface area (Å²) in [7, 11) is 1.22. The van der Waals surface area contributed by atoms with Gasteiger partial charge in [-0.05, 0) is 17.7 Å². The van der Waals surface area contributed by atoms with E-state index in [1.807, 2.05) is 0 Å². The number of aromatic nitrogens is 5. The summed E-state index contributed by atoms with van der Waals surface area (Å²) in [6, 6.07) is 5.43. The van der Waals surface area contributed by atoms with Crippen LogP contribution < -0.4 is 10.3 Å². The number of pyridine rings is 1. The molecule has 0 radical (unpaired) electrons. The molecule has 3 heterocycles. The van der Waals surface area contributed by atoms with Crippen molar-refractivity contribution in [2.24, 2.45) is 0 Å². The third-order valence-corrected chi connectivity index (χ3v) is 5.38. The lowest BCUT2D eigenvalue weighted by Gasteiger charge is -2.13. The number of hydrogen-bond donors (Lipinski definition) is 0. The highest BCUT2D eigenvalue weighted by Gasteiger charge is 2.30. The molecule has 0 bridgehead atoms. The second-order valence-corrected chi connectivity index (χ2v) is 7.36. The van der Waals surface area contributed by atoms with Crippen LogP contribution in [-0.2, 0) is 11.9 Å². The number of halogens is 5. The molecule has 0 unspecified atom stereocenters. The maximum Gasteiger partial charge on any atom is 0.416 e. The number of fused-ring (bicyclic) bond motifs is 1. The number of thioether (sulfide) groups is 1. The quantitative estimate of drug-likeness (QED) is 0.326. The van der Waals surface area contributed by atoms with E-state index >= 15 is 0 Å². The SMILES string of the molecule is COc1ncc(-n2c(SCc3ccc(C(F)(F)F)cc3)nn3ncc(F)c3c2=O)cc1F.